The molecule has 0 saturated carbocycles. The summed E-state index contributed by atoms with van der Waals surface area (Å²) in [7, 11) is 0. The van der Waals surface area contributed by atoms with E-state index in [1.54, 1.807) is 0 Å². The lowest BCUT2D eigenvalue weighted by atomic mass is 10.0. The van der Waals surface area contributed by atoms with Crippen molar-refractivity contribution in [1.82, 2.24) is 5.32 Å². The third-order valence-electron chi connectivity index (χ3n) is 6.97. The van der Waals surface area contributed by atoms with Gasteiger partial charge in [0.2, 0.25) is 0 Å². The number of rotatable bonds is 26. The molecule has 0 fully saturated rings. The molecule has 0 spiro atoms. The Labute approximate surface area is 255 Å². The number of aryl methyl sites for hydroxylation is 1. The first-order chi connectivity index (χ1) is 19.1. The number of carbonyl (C=O) groups is 2. The maximum Gasteiger partial charge on any atom is 0.407 e. The molecule has 1 aromatic heterocycles. The normalized spacial score (nSPS) is 10.5. The molecule has 1 heterocycles. The van der Waals surface area contributed by atoms with Crippen molar-refractivity contribution in [3.05, 3.63) is 42.7 Å². The zero-order valence-electron chi connectivity index (χ0n) is 25.3. The second kappa shape index (κ2) is 28.6. The highest BCUT2D eigenvalue weighted by molar-refractivity contribution is 5.69. The molecule has 0 radical (unpaired) electrons. The van der Waals surface area contributed by atoms with E-state index in [1.165, 1.54) is 89.9 Å². The van der Waals surface area contributed by atoms with Crippen molar-refractivity contribution in [3.63, 3.8) is 0 Å². The summed E-state index contributed by atoms with van der Waals surface area (Å²) in [5, 5.41) is 2.79. The van der Waals surface area contributed by atoms with Crippen molar-refractivity contribution in [2.24, 2.45) is 0 Å². The zero-order valence-corrected chi connectivity index (χ0v) is 26.9. The van der Waals surface area contributed by atoms with Crippen molar-refractivity contribution < 1.29 is 40.6 Å². The van der Waals surface area contributed by atoms with E-state index in [2.05, 4.69) is 23.4 Å². The van der Waals surface area contributed by atoms with Crippen LogP contribution in [0.4, 0.5) is 4.79 Å². The Balaban J connectivity index is 0.0000152. The van der Waals surface area contributed by atoms with E-state index in [0.717, 1.165) is 32.2 Å². The van der Waals surface area contributed by atoms with Crippen molar-refractivity contribution in [1.29, 1.82) is 0 Å². The summed E-state index contributed by atoms with van der Waals surface area (Å²) in [5.41, 5.74) is 0.570. The fourth-order valence-electron chi connectivity index (χ4n) is 4.53. The van der Waals surface area contributed by atoms with E-state index in [0.29, 0.717) is 18.5 Å². The Bertz CT molecular complexity index is 745. The van der Waals surface area contributed by atoms with Gasteiger partial charge in [0, 0.05) is 31.5 Å². The highest BCUT2D eigenvalue weighted by Crippen LogP contribution is 2.13. The number of hydrogen-bond donors (Lipinski definition) is 1. The largest absolute Gasteiger partial charge is 1.00 e. The molecule has 1 amide bonds. The molecule has 0 aliphatic carbocycles. The monoisotopic (exact) mass is 624 g/mol. The molecule has 1 rings (SSSR count). The van der Waals surface area contributed by atoms with E-state index < -0.39 is 6.09 Å². The van der Waals surface area contributed by atoms with Gasteiger partial charge >= 0.3 is 12.1 Å². The topological polar surface area (TPSA) is 68.5 Å². The first-order valence-electron chi connectivity index (χ1n) is 15.8. The van der Waals surface area contributed by atoms with Gasteiger partial charge in [0.05, 0.1) is 0 Å². The molecule has 1 N–H and O–H groups in total. The second-order valence-corrected chi connectivity index (χ2v) is 10.8. The summed E-state index contributed by atoms with van der Waals surface area (Å²) >= 11 is 0. The van der Waals surface area contributed by atoms with Gasteiger partial charge in [-0.15, -0.1) is 0 Å². The Hall–Kier alpha value is -1.89. The number of alkyl carbamates (subject to hydrolysis) is 1. The molecule has 40 heavy (non-hydrogen) atoms. The molecule has 1 aromatic rings. The number of amides is 1. The highest BCUT2D eigenvalue weighted by Gasteiger charge is 2.08. The Morgan fingerprint density at radius 1 is 0.675 bits per heavy atom. The molecule has 0 aliphatic rings. The Morgan fingerprint density at radius 2 is 1.18 bits per heavy atom. The maximum atomic E-state index is 11.9. The molecular weight excluding hydrogens is 568 g/mol. The van der Waals surface area contributed by atoms with E-state index in [4.69, 9.17) is 9.47 Å². The molecule has 7 heteroatoms. The lowest BCUT2D eigenvalue weighted by Crippen LogP contribution is -3.00. The average molecular weight is 626 g/mol. The first kappa shape index (κ1) is 38.1. The number of esters is 1. The van der Waals surface area contributed by atoms with E-state index in [1.807, 2.05) is 30.6 Å². The molecule has 0 aromatic carbocycles. The third kappa shape index (κ3) is 25.1. The standard InChI is InChI=1S/C33H56N2O4.BrH/c1-3-4-5-6-7-8-9-10-11-12-13-14-15-16-17-20-25-34-33(37)39-30-31(2)29-38-32(36)24-19-23-28-35-26-21-18-22-27-35;/h18,21-22,26-27H,2-17,19-20,23-25,28-30H2,1H3;1H. The van der Waals surface area contributed by atoms with Crippen LogP contribution in [0.3, 0.4) is 0 Å². The zero-order chi connectivity index (χ0) is 28.2. The number of halogens is 1. The van der Waals surface area contributed by atoms with Gasteiger partial charge in [0.1, 0.15) is 19.8 Å². The van der Waals surface area contributed by atoms with Gasteiger partial charge in [0.15, 0.2) is 12.4 Å². The smallest absolute Gasteiger partial charge is 0.407 e. The van der Waals surface area contributed by atoms with Crippen LogP contribution >= 0.6 is 0 Å². The van der Waals surface area contributed by atoms with Crippen LogP contribution < -0.4 is 26.9 Å². The van der Waals surface area contributed by atoms with Gasteiger partial charge in [-0.3, -0.25) is 4.79 Å². The summed E-state index contributed by atoms with van der Waals surface area (Å²) in [5.74, 6) is -0.248. The number of unbranched alkanes of at least 4 members (excludes halogenated alkanes) is 16. The van der Waals surface area contributed by atoms with Crippen LogP contribution in [0.15, 0.2) is 42.7 Å². The maximum absolute atomic E-state index is 11.9. The van der Waals surface area contributed by atoms with Gasteiger partial charge in [0.25, 0.3) is 0 Å². The van der Waals surface area contributed by atoms with Crippen molar-refractivity contribution >= 4 is 12.1 Å². The third-order valence-corrected chi connectivity index (χ3v) is 6.97. The van der Waals surface area contributed by atoms with Crippen LogP contribution in [0, 0.1) is 0 Å². The number of pyridine rings is 1. The summed E-state index contributed by atoms with van der Waals surface area (Å²) in [6.07, 6.45) is 26.9. The Morgan fingerprint density at radius 3 is 1.73 bits per heavy atom. The number of aromatic nitrogens is 1. The number of nitrogens with one attached hydrogen (secondary N) is 1. The molecule has 0 unspecified atom stereocenters. The number of nitrogens with zero attached hydrogens (tertiary/aromatic N) is 1. The second-order valence-electron chi connectivity index (χ2n) is 10.8. The van der Waals surface area contributed by atoms with Gasteiger partial charge in [-0.2, -0.15) is 0 Å². The first-order valence-corrected chi connectivity index (χ1v) is 15.8. The van der Waals surface area contributed by atoms with Crippen molar-refractivity contribution in [2.45, 2.75) is 135 Å². The SMILES string of the molecule is C=C(COC(=O)CCCC[n+]1ccccc1)COC(=O)NCCCCCCCCCCCCCCCCCC.[Br-]. The van der Waals surface area contributed by atoms with Crippen LogP contribution in [0.1, 0.15) is 129 Å². The molecule has 0 bridgehead atoms. The predicted octanol–water partition coefficient (Wildman–Crippen LogP) is 5.24. The lowest BCUT2D eigenvalue weighted by Gasteiger charge is -2.10. The molecule has 6 nitrogen and oxygen atoms in total. The van der Waals surface area contributed by atoms with E-state index >= 15 is 0 Å². The van der Waals surface area contributed by atoms with Crippen LogP contribution in [0.5, 0.6) is 0 Å². The summed E-state index contributed by atoms with van der Waals surface area (Å²) in [6, 6.07) is 5.96. The van der Waals surface area contributed by atoms with E-state index in [-0.39, 0.29) is 36.2 Å². The summed E-state index contributed by atoms with van der Waals surface area (Å²) in [4.78, 5) is 23.7. The molecule has 0 atom stereocenters. The highest BCUT2D eigenvalue weighted by atomic mass is 79.9. The van der Waals surface area contributed by atoms with Crippen molar-refractivity contribution in [3.8, 4) is 0 Å². The van der Waals surface area contributed by atoms with Crippen LogP contribution in [-0.2, 0) is 20.8 Å². The summed E-state index contributed by atoms with van der Waals surface area (Å²) in [6.45, 7) is 7.75. The predicted molar refractivity (Wildman–Crippen MR) is 159 cm³/mol. The quantitative estimate of drug-likeness (QED) is 0.0663. The molecule has 0 saturated heterocycles. The minimum Gasteiger partial charge on any atom is -1.00 e. The Kier molecular flexibility index (Phi) is 27.3. The van der Waals surface area contributed by atoms with Crippen LogP contribution in [0.25, 0.3) is 0 Å². The fraction of sp³-hybridized carbons (Fsp3) is 0.727. The lowest BCUT2D eigenvalue weighted by molar-refractivity contribution is -0.697. The van der Waals surface area contributed by atoms with Gasteiger partial charge in [-0.05, 0) is 18.4 Å². The number of hydrogen-bond acceptors (Lipinski definition) is 4. The number of ether oxygens (including phenoxy) is 2. The number of carbonyl (C=O) groups excluding carboxylic acids is 2. The van der Waals surface area contributed by atoms with Crippen LogP contribution in [0.2, 0.25) is 0 Å². The molecular formula is C33H57BrN2O4. The molecule has 230 valence electrons. The summed E-state index contributed by atoms with van der Waals surface area (Å²) < 4.78 is 12.5. The molecule has 0 aliphatic heterocycles. The fourth-order valence-corrected chi connectivity index (χ4v) is 4.53. The van der Waals surface area contributed by atoms with Crippen molar-refractivity contribution in [2.75, 3.05) is 19.8 Å². The van der Waals surface area contributed by atoms with Gasteiger partial charge < -0.3 is 31.8 Å². The minimum absolute atomic E-state index is 0. The average Bonchev–Trinajstić information content (AvgIpc) is 2.95. The van der Waals surface area contributed by atoms with E-state index in [9.17, 15) is 9.59 Å². The van der Waals surface area contributed by atoms with Gasteiger partial charge in [-0.25, -0.2) is 9.36 Å². The minimum atomic E-state index is -0.443. The van der Waals surface area contributed by atoms with Gasteiger partial charge in [-0.1, -0.05) is 116 Å². The van der Waals surface area contributed by atoms with Crippen LogP contribution in [-0.4, -0.2) is 31.8 Å².